The molecule has 0 radical (unpaired) electrons. The SMILES string of the molecule is CC(=NNC(=O)C(C)C)c1ccc(O)cc1. The predicted molar refractivity (Wildman–Crippen MR) is 63.3 cm³/mol. The van der Waals surface area contributed by atoms with E-state index in [1.165, 1.54) is 0 Å². The molecular weight excluding hydrogens is 204 g/mol. The van der Waals surface area contributed by atoms with Gasteiger partial charge in [-0.1, -0.05) is 13.8 Å². The minimum atomic E-state index is -0.113. The zero-order valence-corrected chi connectivity index (χ0v) is 9.69. The number of carbonyl (C=O) groups excluding carboxylic acids is 1. The third-order valence-corrected chi connectivity index (χ3v) is 2.14. The van der Waals surface area contributed by atoms with Gasteiger partial charge in [-0.3, -0.25) is 4.79 Å². The number of nitrogens with one attached hydrogen (secondary N) is 1. The summed E-state index contributed by atoms with van der Waals surface area (Å²) in [5, 5.41) is 13.1. The summed E-state index contributed by atoms with van der Waals surface area (Å²) in [6, 6.07) is 6.66. The molecule has 16 heavy (non-hydrogen) atoms. The smallest absolute Gasteiger partial charge is 0.242 e. The molecular formula is C12H16N2O2. The second-order valence-corrected chi connectivity index (χ2v) is 3.87. The maximum absolute atomic E-state index is 11.3. The minimum absolute atomic E-state index is 0.0867. The molecule has 1 aromatic rings. The van der Waals surface area contributed by atoms with Crippen LogP contribution in [0, 0.1) is 5.92 Å². The Labute approximate surface area is 95.0 Å². The Kier molecular flexibility index (Phi) is 4.05. The quantitative estimate of drug-likeness (QED) is 0.603. The van der Waals surface area contributed by atoms with Crippen molar-refractivity contribution >= 4 is 11.6 Å². The molecule has 4 nitrogen and oxygen atoms in total. The number of carbonyl (C=O) groups is 1. The molecule has 1 rings (SSSR count). The molecule has 0 bridgehead atoms. The standard InChI is InChI=1S/C12H16N2O2/c1-8(2)12(16)14-13-9(3)10-4-6-11(15)7-5-10/h4-8,15H,1-3H3,(H,14,16). The van der Waals surface area contributed by atoms with Crippen LogP contribution in [0.5, 0.6) is 5.75 Å². The molecule has 0 saturated carbocycles. The van der Waals surface area contributed by atoms with Crippen molar-refractivity contribution in [3.63, 3.8) is 0 Å². The molecule has 0 heterocycles. The zero-order valence-electron chi connectivity index (χ0n) is 9.69. The van der Waals surface area contributed by atoms with Crippen LogP contribution in [0.15, 0.2) is 29.4 Å². The number of hydrogen-bond donors (Lipinski definition) is 2. The number of amides is 1. The van der Waals surface area contributed by atoms with Crippen molar-refractivity contribution in [3.8, 4) is 5.75 Å². The van der Waals surface area contributed by atoms with Gasteiger partial charge in [0.15, 0.2) is 0 Å². The molecule has 0 aliphatic heterocycles. The van der Waals surface area contributed by atoms with Crippen LogP contribution in [0.1, 0.15) is 26.3 Å². The van der Waals surface area contributed by atoms with Crippen LogP contribution in [0.3, 0.4) is 0 Å². The van der Waals surface area contributed by atoms with Gasteiger partial charge >= 0.3 is 0 Å². The summed E-state index contributed by atoms with van der Waals surface area (Å²) >= 11 is 0. The Hall–Kier alpha value is -1.84. The number of hydrogen-bond acceptors (Lipinski definition) is 3. The highest BCUT2D eigenvalue weighted by Gasteiger charge is 2.05. The lowest BCUT2D eigenvalue weighted by molar-refractivity contribution is -0.123. The molecule has 4 heteroatoms. The van der Waals surface area contributed by atoms with E-state index in [1.807, 2.05) is 0 Å². The topological polar surface area (TPSA) is 61.7 Å². The van der Waals surface area contributed by atoms with Gasteiger partial charge in [0, 0.05) is 5.92 Å². The third-order valence-electron chi connectivity index (χ3n) is 2.14. The number of phenolic OH excluding ortho intramolecular Hbond substituents is 1. The van der Waals surface area contributed by atoms with Crippen LogP contribution in [-0.2, 0) is 4.79 Å². The molecule has 0 aliphatic carbocycles. The van der Waals surface area contributed by atoms with E-state index in [0.29, 0.717) is 5.71 Å². The molecule has 0 saturated heterocycles. The lowest BCUT2D eigenvalue weighted by Crippen LogP contribution is -2.23. The Morgan fingerprint density at radius 1 is 1.31 bits per heavy atom. The maximum Gasteiger partial charge on any atom is 0.242 e. The summed E-state index contributed by atoms with van der Waals surface area (Å²) in [5.41, 5.74) is 4.05. The molecule has 86 valence electrons. The Balaban J connectivity index is 2.70. The zero-order chi connectivity index (χ0) is 12.1. The van der Waals surface area contributed by atoms with E-state index in [0.717, 1.165) is 5.56 Å². The molecule has 0 aromatic heterocycles. The van der Waals surface area contributed by atoms with Gasteiger partial charge in [0.2, 0.25) is 5.91 Å². The molecule has 0 spiro atoms. The van der Waals surface area contributed by atoms with Crippen molar-refractivity contribution in [2.75, 3.05) is 0 Å². The second-order valence-electron chi connectivity index (χ2n) is 3.87. The molecule has 0 fully saturated rings. The Bertz CT molecular complexity index is 394. The third kappa shape index (κ3) is 3.38. The number of aromatic hydroxyl groups is 1. The summed E-state index contributed by atoms with van der Waals surface area (Å²) in [5.74, 6) is 0.0114. The van der Waals surface area contributed by atoms with Crippen LogP contribution >= 0.6 is 0 Å². The lowest BCUT2D eigenvalue weighted by Gasteiger charge is -2.04. The van der Waals surface area contributed by atoms with E-state index in [9.17, 15) is 4.79 Å². The van der Waals surface area contributed by atoms with Crippen LogP contribution in [0.2, 0.25) is 0 Å². The van der Waals surface area contributed by atoms with E-state index < -0.39 is 0 Å². The van der Waals surface area contributed by atoms with Crippen molar-refractivity contribution in [2.45, 2.75) is 20.8 Å². The van der Waals surface area contributed by atoms with Gasteiger partial charge in [0.05, 0.1) is 5.71 Å². The highest BCUT2D eigenvalue weighted by Crippen LogP contribution is 2.10. The number of hydrazone groups is 1. The summed E-state index contributed by atoms with van der Waals surface area (Å²) in [4.78, 5) is 11.3. The summed E-state index contributed by atoms with van der Waals surface area (Å²) in [6.45, 7) is 5.41. The fourth-order valence-electron chi connectivity index (χ4n) is 1.04. The molecule has 0 atom stereocenters. The fourth-order valence-corrected chi connectivity index (χ4v) is 1.04. The maximum atomic E-state index is 11.3. The average Bonchev–Trinajstić information content (AvgIpc) is 2.26. The summed E-state index contributed by atoms with van der Waals surface area (Å²) < 4.78 is 0. The van der Waals surface area contributed by atoms with E-state index in [2.05, 4.69) is 10.5 Å². The van der Waals surface area contributed by atoms with Crippen LogP contribution in [0.4, 0.5) is 0 Å². The highest BCUT2D eigenvalue weighted by molar-refractivity contribution is 5.99. The Morgan fingerprint density at radius 2 is 1.88 bits per heavy atom. The van der Waals surface area contributed by atoms with Gasteiger partial charge in [-0.2, -0.15) is 5.10 Å². The second kappa shape index (κ2) is 5.30. The normalized spacial score (nSPS) is 11.6. The first-order valence-electron chi connectivity index (χ1n) is 5.14. The number of nitrogens with zero attached hydrogens (tertiary/aromatic N) is 1. The van der Waals surface area contributed by atoms with Gasteiger partial charge in [-0.25, -0.2) is 5.43 Å². The van der Waals surface area contributed by atoms with Gasteiger partial charge in [-0.15, -0.1) is 0 Å². The van der Waals surface area contributed by atoms with Gasteiger partial charge in [-0.05, 0) is 36.8 Å². The van der Waals surface area contributed by atoms with E-state index >= 15 is 0 Å². The summed E-state index contributed by atoms with van der Waals surface area (Å²) in [7, 11) is 0. The van der Waals surface area contributed by atoms with Crippen molar-refractivity contribution in [3.05, 3.63) is 29.8 Å². The lowest BCUT2D eigenvalue weighted by atomic mass is 10.1. The van der Waals surface area contributed by atoms with E-state index in [1.54, 1.807) is 45.0 Å². The predicted octanol–water partition coefficient (Wildman–Crippen LogP) is 1.89. The van der Waals surface area contributed by atoms with Crippen molar-refractivity contribution in [1.82, 2.24) is 5.43 Å². The Morgan fingerprint density at radius 3 is 2.38 bits per heavy atom. The molecule has 0 unspecified atom stereocenters. The van der Waals surface area contributed by atoms with Crippen LogP contribution in [-0.4, -0.2) is 16.7 Å². The van der Waals surface area contributed by atoms with Gasteiger partial charge in [0.1, 0.15) is 5.75 Å². The van der Waals surface area contributed by atoms with Crippen molar-refractivity contribution in [1.29, 1.82) is 0 Å². The largest absolute Gasteiger partial charge is 0.508 e. The van der Waals surface area contributed by atoms with E-state index in [-0.39, 0.29) is 17.6 Å². The van der Waals surface area contributed by atoms with Crippen molar-refractivity contribution < 1.29 is 9.90 Å². The summed E-state index contributed by atoms with van der Waals surface area (Å²) in [6.07, 6.45) is 0. The first-order chi connectivity index (χ1) is 7.50. The monoisotopic (exact) mass is 220 g/mol. The van der Waals surface area contributed by atoms with E-state index in [4.69, 9.17) is 5.11 Å². The molecule has 2 N–H and O–H groups in total. The molecule has 1 aromatic carbocycles. The van der Waals surface area contributed by atoms with Crippen LogP contribution < -0.4 is 5.43 Å². The minimum Gasteiger partial charge on any atom is -0.508 e. The number of phenols is 1. The van der Waals surface area contributed by atoms with Gasteiger partial charge in [0.25, 0.3) is 0 Å². The average molecular weight is 220 g/mol. The first kappa shape index (κ1) is 12.2. The first-order valence-corrected chi connectivity index (χ1v) is 5.14. The number of benzene rings is 1. The van der Waals surface area contributed by atoms with Crippen molar-refractivity contribution in [2.24, 2.45) is 11.0 Å². The molecule has 0 aliphatic rings. The van der Waals surface area contributed by atoms with Gasteiger partial charge < -0.3 is 5.11 Å². The molecule has 1 amide bonds. The highest BCUT2D eigenvalue weighted by atomic mass is 16.3. The van der Waals surface area contributed by atoms with Crippen LogP contribution in [0.25, 0.3) is 0 Å². The fraction of sp³-hybridized carbons (Fsp3) is 0.333. The number of rotatable bonds is 3.